The molecule has 2 atom stereocenters. The predicted octanol–water partition coefficient (Wildman–Crippen LogP) is 4.37. The number of Topliss-reactive ketones (excluding diaryl/α,β-unsaturated/α-hetero) is 1. The molecule has 1 N–H and O–H groups in total. The molecule has 160 valence electrons. The maximum Gasteiger partial charge on any atom is 0.336 e. The van der Waals surface area contributed by atoms with Crippen molar-refractivity contribution in [1.29, 1.82) is 0 Å². The number of hydrogen-bond acceptors (Lipinski definition) is 5. The second kappa shape index (κ2) is 8.38. The molecule has 31 heavy (non-hydrogen) atoms. The third-order valence-electron chi connectivity index (χ3n) is 6.02. The Bertz CT molecular complexity index is 1080. The van der Waals surface area contributed by atoms with Crippen LogP contribution < -0.4 is 10.1 Å². The summed E-state index contributed by atoms with van der Waals surface area (Å²) in [6, 6.07) is 13.7. The number of halogens is 1. The van der Waals surface area contributed by atoms with Gasteiger partial charge < -0.3 is 14.8 Å². The number of ketones is 1. The predicted molar refractivity (Wildman–Crippen MR) is 114 cm³/mol. The molecule has 0 spiro atoms. The molecule has 6 heteroatoms. The van der Waals surface area contributed by atoms with Crippen LogP contribution in [-0.4, -0.2) is 26.0 Å². The van der Waals surface area contributed by atoms with Gasteiger partial charge in [0.15, 0.2) is 5.78 Å². The monoisotopic (exact) mass is 421 g/mol. The molecule has 0 bridgehead atoms. The van der Waals surface area contributed by atoms with Crippen molar-refractivity contribution in [1.82, 2.24) is 5.32 Å². The number of carbonyl (C=O) groups is 2. The number of dihydropyridines is 1. The van der Waals surface area contributed by atoms with E-state index in [0.29, 0.717) is 35.2 Å². The fourth-order valence-corrected chi connectivity index (χ4v) is 4.52. The fourth-order valence-electron chi connectivity index (χ4n) is 4.52. The van der Waals surface area contributed by atoms with Crippen LogP contribution in [0.15, 0.2) is 71.1 Å². The van der Waals surface area contributed by atoms with Gasteiger partial charge in [0.05, 0.1) is 19.8 Å². The van der Waals surface area contributed by atoms with Crippen molar-refractivity contribution in [3.63, 3.8) is 0 Å². The quantitative estimate of drug-likeness (QED) is 0.743. The number of ether oxygens (including phenoxy) is 2. The number of methoxy groups -OCH3 is 2. The van der Waals surface area contributed by atoms with E-state index in [1.54, 1.807) is 26.2 Å². The Morgan fingerprint density at radius 3 is 2.26 bits per heavy atom. The van der Waals surface area contributed by atoms with Gasteiger partial charge in [0, 0.05) is 29.3 Å². The molecule has 0 fully saturated rings. The Labute approximate surface area is 180 Å². The summed E-state index contributed by atoms with van der Waals surface area (Å²) in [4.78, 5) is 26.0. The molecule has 2 aromatic carbocycles. The first-order valence-corrected chi connectivity index (χ1v) is 10.1. The zero-order valence-electron chi connectivity index (χ0n) is 17.7. The van der Waals surface area contributed by atoms with E-state index in [1.807, 2.05) is 24.3 Å². The first-order valence-electron chi connectivity index (χ1n) is 10.1. The number of esters is 1. The van der Waals surface area contributed by atoms with Gasteiger partial charge in [-0.25, -0.2) is 9.18 Å². The Kier molecular flexibility index (Phi) is 5.63. The minimum absolute atomic E-state index is 0.0194. The highest BCUT2D eigenvalue weighted by Crippen LogP contribution is 2.45. The van der Waals surface area contributed by atoms with E-state index in [1.165, 1.54) is 19.2 Å². The smallest absolute Gasteiger partial charge is 0.336 e. The van der Waals surface area contributed by atoms with Crippen LogP contribution >= 0.6 is 0 Å². The average molecular weight is 421 g/mol. The molecule has 1 aliphatic carbocycles. The van der Waals surface area contributed by atoms with Crippen LogP contribution in [0.5, 0.6) is 5.75 Å². The lowest BCUT2D eigenvalue weighted by Crippen LogP contribution is -2.36. The van der Waals surface area contributed by atoms with Crippen LogP contribution in [0, 0.1) is 5.82 Å². The lowest BCUT2D eigenvalue weighted by atomic mass is 9.72. The van der Waals surface area contributed by atoms with Gasteiger partial charge >= 0.3 is 5.97 Å². The van der Waals surface area contributed by atoms with Gasteiger partial charge in [0.25, 0.3) is 0 Å². The zero-order valence-corrected chi connectivity index (χ0v) is 17.7. The minimum atomic E-state index is -0.589. The number of nitrogens with one attached hydrogen (secondary N) is 1. The van der Waals surface area contributed by atoms with Crippen molar-refractivity contribution in [3.05, 3.63) is 88.0 Å². The Morgan fingerprint density at radius 2 is 1.65 bits per heavy atom. The van der Waals surface area contributed by atoms with E-state index < -0.39 is 11.9 Å². The first kappa shape index (κ1) is 20.8. The first-order chi connectivity index (χ1) is 14.9. The third kappa shape index (κ3) is 3.85. The van der Waals surface area contributed by atoms with E-state index in [9.17, 15) is 14.0 Å². The highest BCUT2D eigenvalue weighted by Gasteiger charge is 2.41. The molecule has 2 aromatic rings. The molecule has 4 rings (SSSR count). The van der Waals surface area contributed by atoms with E-state index >= 15 is 0 Å². The summed E-state index contributed by atoms with van der Waals surface area (Å²) in [5.74, 6) is -0.713. The van der Waals surface area contributed by atoms with Gasteiger partial charge in [-0.3, -0.25) is 4.79 Å². The second-order valence-electron chi connectivity index (χ2n) is 7.83. The van der Waals surface area contributed by atoms with Gasteiger partial charge in [-0.1, -0.05) is 24.3 Å². The van der Waals surface area contributed by atoms with Gasteiger partial charge in [-0.2, -0.15) is 0 Å². The minimum Gasteiger partial charge on any atom is -0.497 e. The molecule has 1 aliphatic heterocycles. The lowest BCUT2D eigenvalue weighted by Gasteiger charge is -2.36. The molecule has 0 saturated heterocycles. The molecule has 0 aromatic heterocycles. The van der Waals surface area contributed by atoms with Crippen LogP contribution in [-0.2, 0) is 14.3 Å². The topological polar surface area (TPSA) is 64.6 Å². The molecule has 0 amide bonds. The SMILES string of the molecule is COC(=O)C1=C(C)NC2=C(C(=O)C[C@H](c3ccc(OC)cc3)C2)[C@@H]1c1ccc(F)cc1. The van der Waals surface area contributed by atoms with Gasteiger partial charge in [-0.05, 0) is 54.7 Å². The fraction of sp³-hybridized carbons (Fsp3) is 0.280. The summed E-state index contributed by atoms with van der Waals surface area (Å²) >= 11 is 0. The zero-order chi connectivity index (χ0) is 22.1. The molecule has 1 heterocycles. The summed E-state index contributed by atoms with van der Waals surface area (Å²) in [6.07, 6.45) is 0.967. The lowest BCUT2D eigenvalue weighted by molar-refractivity contribution is -0.136. The molecule has 0 unspecified atom stereocenters. The normalized spacial score (nSPS) is 20.8. The summed E-state index contributed by atoms with van der Waals surface area (Å²) in [5.41, 5.74) is 4.12. The van der Waals surface area contributed by atoms with Crippen LogP contribution in [0.25, 0.3) is 0 Å². The highest BCUT2D eigenvalue weighted by atomic mass is 19.1. The number of benzene rings is 2. The van der Waals surface area contributed by atoms with Crippen molar-refractivity contribution in [2.24, 2.45) is 0 Å². The van der Waals surface area contributed by atoms with Crippen LogP contribution in [0.3, 0.4) is 0 Å². The third-order valence-corrected chi connectivity index (χ3v) is 6.02. The van der Waals surface area contributed by atoms with Crippen LogP contribution in [0.1, 0.15) is 42.7 Å². The van der Waals surface area contributed by atoms with E-state index in [4.69, 9.17) is 9.47 Å². The average Bonchev–Trinajstić information content (AvgIpc) is 2.78. The molecule has 0 saturated carbocycles. The van der Waals surface area contributed by atoms with Crippen molar-refractivity contribution >= 4 is 11.8 Å². The Balaban J connectivity index is 1.76. The summed E-state index contributed by atoms with van der Waals surface area (Å²) in [6.45, 7) is 1.80. The second-order valence-corrected chi connectivity index (χ2v) is 7.83. The van der Waals surface area contributed by atoms with E-state index in [-0.39, 0.29) is 17.5 Å². The van der Waals surface area contributed by atoms with E-state index in [0.717, 1.165) is 17.0 Å². The summed E-state index contributed by atoms with van der Waals surface area (Å²) < 4.78 is 23.8. The Hall–Kier alpha value is -3.41. The maximum absolute atomic E-state index is 13.6. The summed E-state index contributed by atoms with van der Waals surface area (Å²) in [5, 5.41) is 3.29. The molecule has 0 radical (unpaired) electrons. The number of carbonyl (C=O) groups excluding carboxylic acids is 2. The number of hydrogen-bond donors (Lipinski definition) is 1. The van der Waals surface area contributed by atoms with Crippen molar-refractivity contribution < 1.29 is 23.5 Å². The number of rotatable bonds is 4. The maximum atomic E-state index is 13.6. The Morgan fingerprint density at radius 1 is 1.00 bits per heavy atom. The molecule has 2 aliphatic rings. The molecular weight excluding hydrogens is 397 g/mol. The van der Waals surface area contributed by atoms with Gasteiger partial charge in [-0.15, -0.1) is 0 Å². The van der Waals surface area contributed by atoms with Crippen LogP contribution in [0.2, 0.25) is 0 Å². The standard InChI is InChI=1S/C25H24FNO4/c1-14-22(25(29)31-3)23(16-4-8-18(26)9-5-16)24-20(27-14)12-17(13-21(24)28)15-6-10-19(30-2)11-7-15/h4-11,17,23,27H,12-13H2,1-3H3/t17-,23-/m1/s1. The van der Waals surface area contributed by atoms with Crippen molar-refractivity contribution in [2.75, 3.05) is 14.2 Å². The van der Waals surface area contributed by atoms with Crippen molar-refractivity contribution in [2.45, 2.75) is 31.6 Å². The highest BCUT2D eigenvalue weighted by molar-refractivity contribution is 6.04. The summed E-state index contributed by atoms with van der Waals surface area (Å²) in [7, 11) is 2.93. The largest absolute Gasteiger partial charge is 0.497 e. The van der Waals surface area contributed by atoms with Crippen LogP contribution in [0.4, 0.5) is 4.39 Å². The molecule has 5 nitrogen and oxygen atoms in total. The van der Waals surface area contributed by atoms with E-state index in [2.05, 4.69) is 5.32 Å². The van der Waals surface area contributed by atoms with Gasteiger partial charge in [0.1, 0.15) is 11.6 Å². The molecular formula is C25H24FNO4. The van der Waals surface area contributed by atoms with Gasteiger partial charge in [0.2, 0.25) is 0 Å². The van der Waals surface area contributed by atoms with Crippen molar-refractivity contribution in [3.8, 4) is 5.75 Å². The number of allylic oxidation sites excluding steroid dienone is 3.